The summed E-state index contributed by atoms with van der Waals surface area (Å²) in [6, 6.07) is 4.07. The van der Waals surface area contributed by atoms with Gasteiger partial charge < -0.3 is 14.9 Å². The average Bonchev–Trinajstić information content (AvgIpc) is 3.31. The number of carbonyl (C=O) groups excluding carboxylic acids is 1. The monoisotopic (exact) mass is 428 g/mol. The van der Waals surface area contributed by atoms with Gasteiger partial charge in [-0.25, -0.2) is 4.79 Å². The molecule has 5 rings (SSSR count). The van der Waals surface area contributed by atoms with Crippen LogP contribution in [0.25, 0.3) is 0 Å². The highest BCUT2D eigenvalue weighted by Gasteiger charge is 2.35. The maximum Gasteiger partial charge on any atom is 0.407 e. The van der Waals surface area contributed by atoms with Crippen LogP contribution in [0.3, 0.4) is 0 Å². The Balaban J connectivity index is 1.46. The van der Waals surface area contributed by atoms with Gasteiger partial charge in [-0.1, -0.05) is 11.6 Å². The molecule has 1 saturated heterocycles. The molecule has 1 aromatic heterocycles. The molecule has 0 spiro atoms. The van der Waals surface area contributed by atoms with Gasteiger partial charge in [0.25, 0.3) is 5.91 Å². The molecular weight excluding hydrogens is 404 g/mol. The van der Waals surface area contributed by atoms with Crippen LogP contribution < -0.4 is 0 Å². The van der Waals surface area contributed by atoms with Crippen LogP contribution >= 0.6 is 11.6 Å². The Labute approximate surface area is 180 Å². The van der Waals surface area contributed by atoms with Gasteiger partial charge in [0.2, 0.25) is 0 Å². The SMILES string of the molecule is Cc1nn(C2CC2)cc1C(=O)N1CCc2cc(Cl)cc([C@@H]3CCCN3C(=O)O)c2C1. The molecule has 8 heteroatoms. The van der Waals surface area contributed by atoms with Crippen LogP contribution in [0, 0.1) is 6.92 Å². The first-order chi connectivity index (χ1) is 14.4. The van der Waals surface area contributed by atoms with E-state index in [0.717, 1.165) is 48.1 Å². The molecule has 2 amide bonds. The minimum absolute atomic E-state index is 0.00698. The highest BCUT2D eigenvalue weighted by Crippen LogP contribution is 2.39. The third-order valence-corrected chi connectivity index (χ3v) is 6.77. The van der Waals surface area contributed by atoms with Crippen molar-refractivity contribution in [3.05, 3.63) is 51.3 Å². The van der Waals surface area contributed by atoms with Crippen molar-refractivity contribution in [2.75, 3.05) is 13.1 Å². The van der Waals surface area contributed by atoms with Gasteiger partial charge in [0.15, 0.2) is 0 Å². The lowest BCUT2D eigenvalue weighted by Gasteiger charge is -2.33. The van der Waals surface area contributed by atoms with Gasteiger partial charge in [-0.3, -0.25) is 9.48 Å². The van der Waals surface area contributed by atoms with Gasteiger partial charge >= 0.3 is 6.09 Å². The predicted octanol–water partition coefficient (Wildman–Crippen LogP) is 4.19. The van der Waals surface area contributed by atoms with Crippen molar-refractivity contribution < 1.29 is 14.7 Å². The molecule has 2 aliphatic heterocycles. The molecule has 3 aliphatic rings. The molecule has 1 atom stereocenters. The topological polar surface area (TPSA) is 78.7 Å². The lowest BCUT2D eigenvalue weighted by molar-refractivity contribution is 0.0731. The molecule has 1 aliphatic carbocycles. The first-order valence-corrected chi connectivity index (χ1v) is 11.0. The summed E-state index contributed by atoms with van der Waals surface area (Å²) < 4.78 is 1.93. The molecule has 158 valence electrons. The van der Waals surface area contributed by atoms with E-state index in [1.54, 1.807) is 0 Å². The Morgan fingerprint density at radius 3 is 2.73 bits per heavy atom. The minimum atomic E-state index is -0.905. The highest BCUT2D eigenvalue weighted by atomic mass is 35.5. The number of aromatic nitrogens is 2. The molecule has 30 heavy (non-hydrogen) atoms. The zero-order valence-corrected chi connectivity index (χ0v) is 17.7. The molecule has 3 heterocycles. The van der Waals surface area contributed by atoms with E-state index in [1.807, 2.05) is 34.8 Å². The van der Waals surface area contributed by atoms with E-state index in [2.05, 4.69) is 5.10 Å². The fourth-order valence-electron chi connectivity index (χ4n) is 4.84. The van der Waals surface area contributed by atoms with Gasteiger partial charge in [-0.05, 0) is 67.9 Å². The lowest BCUT2D eigenvalue weighted by atomic mass is 9.90. The van der Waals surface area contributed by atoms with Crippen LogP contribution in [-0.4, -0.2) is 49.8 Å². The average molecular weight is 429 g/mol. The number of benzene rings is 1. The third-order valence-electron chi connectivity index (χ3n) is 6.55. The lowest BCUT2D eigenvalue weighted by Crippen LogP contribution is -2.37. The van der Waals surface area contributed by atoms with Gasteiger partial charge in [0, 0.05) is 30.9 Å². The second-order valence-electron chi connectivity index (χ2n) is 8.58. The fourth-order valence-corrected chi connectivity index (χ4v) is 5.08. The first-order valence-electron chi connectivity index (χ1n) is 10.6. The number of fused-ring (bicyclic) bond motifs is 1. The molecule has 0 unspecified atom stereocenters. The van der Waals surface area contributed by atoms with Crippen molar-refractivity contribution in [3.8, 4) is 0 Å². The Bertz CT molecular complexity index is 1030. The molecule has 0 bridgehead atoms. The van der Waals surface area contributed by atoms with Crippen molar-refractivity contribution in [2.45, 2.75) is 57.7 Å². The van der Waals surface area contributed by atoms with Crippen molar-refractivity contribution >= 4 is 23.6 Å². The number of aryl methyl sites for hydroxylation is 1. The summed E-state index contributed by atoms with van der Waals surface area (Å²) in [6.07, 6.45) is 5.55. The molecule has 1 saturated carbocycles. The Hall–Kier alpha value is -2.54. The van der Waals surface area contributed by atoms with E-state index >= 15 is 0 Å². The van der Waals surface area contributed by atoms with Crippen molar-refractivity contribution in [2.24, 2.45) is 0 Å². The summed E-state index contributed by atoms with van der Waals surface area (Å²) in [5.74, 6) is -0.00698. The van der Waals surface area contributed by atoms with Crippen LogP contribution in [0.5, 0.6) is 0 Å². The highest BCUT2D eigenvalue weighted by molar-refractivity contribution is 6.30. The summed E-state index contributed by atoms with van der Waals surface area (Å²) in [5, 5.41) is 14.8. The van der Waals surface area contributed by atoms with Gasteiger partial charge in [0.05, 0.1) is 23.3 Å². The quantitative estimate of drug-likeness (QED) is 0.794. The van der Waals surface area contributed by atoms with Crippen LogP contribution in [0.15, 0.2) is 18.3 Å². The third kappa shape index (κ3) is 3.35. The second kappa shape index (κ2) is 7.30. The smallest absolute Gasteiger partial charge is 0.407 e. The number of halogens is 1. The van der Waals surface area contributed by atoms with Crippen LogP contribution in [0.2, 0.25) is 5.02 Å². The number of likely N-dealkylation sites (tertiary alicyclic amines) is 1. The summed E-state index contributed by atoms with van der Waals surface area (Å²) in [5.41, 5.74) is 4.53. The van der Waals surface area contributed by atoms with E-state index in [0.29, 0.717) is 42.7 Å². The predicted molar refractivity (Wildman–Crippen MR) is 112 cm³/mol. The zero-order chi connectivity index (χ0) is 21.0. The molecule has 2 aromatic rings. The molecule has 7 nitrogen and oxygen atoms in total. The van der Waals surface area contributed by atoms with Gasteiger partial charge in [0.1, 0.15) is 0 Å². The number of amides is 2. The van der Waals surface area contributed by atoms with E-state index in [9.17, 15) is 14.7 Å². The normalized spacial score (nSPS) is 21.1. The first kappa shape index (κ1) is 19.4. The van der Waals surface area contributed by atoms with Gasteiger partial charge in [-0.2, -0.15) is 5.10 Å². The molecular formula is C22H25ClN4O3. The Kier molecular flexibility index (Phi) is 4.73. The van der Waals surface area contributed by atoms with E-state index < -0.39 is 6.09 Å². The maximum absolute atomic E-state index is 13.3. The van der Waals surface area contributed by atoms with Crippen molar-refractivity contribution in [1.82, 2.24) is 19.6 Å². The van der Waals surface area contributed by atoms with Crippen LogP contribution in [0.4, 0.5) is 4.79 Å². The standard InChI is InChI=1S/C22H25ClN4O3/c1-13-18(12-27(24-13)16-4-5-16)21(28)25-8-6-14-9-15(23)10-17(19(14)11-25)20-3-2-7-26(20)22(29)30/h9-10,12,16,20H,2-8,11H2,1H3,(H,29,30)/t20-/m0/s1. The van der Waals surface area contributed by atoms with E-state index in [-0.39, 0.29) is 11.9 Å². The summed E-state index contributed by atoms with van der Waals surface area (Å²) in [7, 11) is 0. The Morgan fingerprint density at radius 2 is 2.00 bits per heavy atom. The number of carboxylic acid groups (broad SMARTS) is 1. The zero-order valence-electron chi connectivity index (χ0n) is 17.0. The largest absolute Gasteiger partial charge is 0.465 e. The van der Waals surface area contributed by atoms with Crippen LogP contribution in [-0.2, 0) is 13.0 Å². The fraction of sp³-hybridized carbons (Fsp3) is 0.500. The van der Waals surface area contributed by atoms with Crippen molar-refractivity contribution in [3.63, 3.8) is 0 Å². The summed E-state index contributed by atoms with van der Waals surface area (Å²) in [6.45, 7) is 3.51. The minimum Gasteiger partial charge on any atom is -0.465 e. The number of nitrogens with zero attached hydrogens (tertiary/aromatic N) is 4. The number of hydrogen-bond acceptors (Lipinski definition) is 3. The maximum atomic E-state index is 13.3. The Morgan fingerprint density at radius 1 is 1.20 bits per heavy atom. The second-order valence-corrected chi connectivity index (χ2v) is 9.02. The van der Waals surface area contributed by atoms with Gasteiger partial charge in [-0.15, -0.1) is 0 Å². The number of hydrogen-bond donors (Lipinski definition) is 1. The van der Waals surface area contributed by atoms with E-state index in [4.69, 9.17) is 11.6 Å². The molecule has 1 aromatic carbocycles. The number of rotatable bonds is 3. The number of carbonyl (C=O) groups is 2. The molecule has 1 N–H and O–H groups in total. The summed E-state index contributed by atoms with van der Waals surface area (Å²) in [4.78, 5) is 28.4. The van der Waals surface area contributed by atoms with Crippen molar-refractivity contribution in [1.29, 1.82) is 0 Å². The van der Waals surface area contributed by atoms with E-state index in [1.165, 1.54) is 4.90 Å². The van der Waals surface area contributed by atoms with Crippen LogP contribution in [0.1, 0.15) is 70.5 Å². The summed E-state index contributed by atoms with van der Waals surface area (Å²) >= 11 is 6.38. The molecule has 0 radical (unpaired) electrons. The molecule has 2 fully saturated rings.